The van der Waals surface area contributed by atoms with Gasteiger partial charge in [-0.1, -0.05) is 13.8 Å². The molecule has 1 aliphatic rings. The highest BCUT2D eigenvalue weighted by molar-refractivity contribution is 5.91. The third-order valence-electron chi connectivity index (χ3n) is 5.78. The zero-order valence-electron chi connectivity index (χ0n) is 19.5. The molecule has 0 amide bonds. The van der Waals surface area contributed by atoms with Crippen LogP contribution in [0.1, 0.15) is 75.2 Å². The van der Waals surface area contributed by atoms with Gasteiger partial charge in [-0.15, -0.1) is 0 Å². The fraction of sp³-hybridized carbons (Fsp3) is 0.609. The molecule has 0 radical (unpaired) electrons. The van der Waals surface area contributed by atoms with Crippen molar-refractivity contribution in [1.29, 1.82) is 0 Å². The number of methoxy groups -OCH3 is 1. The minimum atomic E-state index is -1.09. The number of fused-ring (bicyclic) bond motifs is 1. The number of carboxylic acids is 1. The van der Waals surface area contributed by atoms with Crippen LogP contribution in [0.3, 0.4) is 0 Å². The zero-order valence-corrected chi connectivity index (χ0v) is 19.5. The highest BCUT2D eigenvalue weighted by atomic mass is 16.6. The van der Waals surface area contributed by atoms with E-state index in [1.54, 1.807) is 16.8 Å². The fourth-order valence-corrected chi connectivity index (χ4v) is 4.04. The van der Waals surface area contributed by atoms with Crippen LogP contribution in [-0.2, 0) is 14.3 Å². The van der Waals surface area contributed by atoms with E-state index in [9.17, 15) is 14.7 Å². The topological polar surface area (TPSA) is 93.4 Å². The lowest BCUT2D eigenvalue weighted by atomic mass is 9.82. The number of rotatable bonds is 5. The van der Waals surface area contributed by atoms with Gasteiger partial charge in [-0.2, -0.15) is 5.10 Å². The van der Waals surface area contributed by atoms with E-state index in [2.05, 4.69) is 23.8 Å². The summed E-state index contributed by atoms with van der Waals surface area (Å²) in [6, 6.07) is 1.56. The summed E-state index contributed by atoms with van der Waals surface area (Å²) in [7, 11) is 1.35. The van der Waals surface area contributed by atoms with Gasteiger partial charge in [-0.25, -0.2) is 14.1 Å². The molecule has 8 heteroatoms. The smallest absolute Gasteiger partial charge is 0.356 e. The maximum Gasteiger partial charge on any atom is 0.356 e. The summed E-state index contributed by atoms with van der Waals surface area (Å²) in [5.74, 6) is -1.58. The van der Waals surface area contributed by atoms with Crippen molar-refractivity contribution in [3.05, 3.63) is 29.1 Å². The Kier molecular flexibility index (Phi) is 6.06. The van der Waals surface area contributed by atoms with Crippen LogP contribution in [0.25, 0.3) is 5.52 Å². The van der Waals surface area contributed by atoms with E-state index in [-0.39, 0.29) is 11.1 Å². The molecular weight excluding hydrogens is 398 g/mol. The summed E-state index contributed by atoms with van der Waals surface area (Å²) in [5.41, 5.74) is 2.51. The Morgan fingerprint density at radius 2 is 1.84 bits per heavy atom. The Morgan fingerprint density at radius 1 is 1.23 bits per heavy atom. The van der Waals surface area contributed by atoms with Gasteiger partial charge in [-0.05, 0) is 51.5 Å². The molecule has 1 N–H and O–H groups in total. The molecule has 1 saturated heterocycles. The number of aromatic nitrogens is 2. The molecule has 8 nitrogen and oxygen atoms in total. The highest BCUT2D eigenvalue weighted by Crippen LogP contribution is 2.41. The van der Waals surface area contributed by atoms with E-state index in [0.717, 1.165) is 37.2 Å². The van der Waals surface area contributed by atoms with Crippen molar-refractivity contribution in [1.82, 2.24) is 9.61 Å². The first-order valence-electron chi connectivity index (χ1n) is 10.6. The summed E-state index contributed by atoms with van der Waals surface area (Å²) in [6.07, 6.45) is 2.77. The number of aryl methyl sites for hydroxylation is 1. The summed E-state index contributed by atoms with van der Waals surface area (Å²) in [4.78, 5) is 26.7. The second-order valence-electron chi connectivity index (χ2n) is 10.0. The van der Waals surface area contributed by atoms with E-state index >= 15 is 0 Å². The molecule has 3 rings (SSSR count). The number of nitrogens with zero attached hydrogens (tertiary/aromatic N) is 3. The van der Waals surface area contributed by atoms with Gasteiger partial charge in [0.2, 0.25) is 0 Å². The van der Waals surface area contributed by atoms with Gasteiger partial charge in [0.05, 0.1) is 23.9 Å². The second-order valence-corrected chi connectivity index (χ2v) is 10.0. The van der Waals surface area contributed by atoms with Gasteiger partial charge >= 0.3 is 11.9 Å². The van der Waals surface area contributed by atoms with Gasteiger partial charge in [0.1, 0.15) is 0 Å². The Hall–Kier alpha value is -2.61. The van der Waals surface area contributed by atoms with Crippen LogP contribution < -0.4 is 4.90 Å². The predicted molar refractivity (Wildman–Crippen MR) is 118 cm³/mol. The SMILES string of the molecule is COC(=O)C(OC(C)(C)C)c1c(C)cn2nc(C(=O)O)cc2c1N1CCC(C)(C)CC1. The number of hydrogen-bond donors (Lipinski definition) is 1. The number of carbonyl (C=O) groups is 2. The van der Waals surface area contributed by atoms with E-state index in [0.29, 0.717) is 11.1 Å². The molecule has 2 aromatic rings. The first-order chi connectivity index (χ1) is 14.3. The number of hydrogen-bond acceptors (Lipinski definition) is 6. The van der Waals surface area contributed by atoms with Crippen LogP contribution in [0.4, 0.5) is 5.69 Å². The number of carboxylic acid groups (broad SMARTS) is 1. The van der Waals surface area contributed by atoms with Gasteiger partial charge in [-0.3, -0.25) is 0 Å². The maximum absolute atomic E-state index is 12.8. The number of esters is 1. The number of pyridine rings is 1. The quantitative estimate of drug-likeness (QED) is 0.715. The first-order valence-corrected chi connectivity index (χ1v) is 10.6. The summed E-state index contributed by atoms with van der Waals surface area (Å²) in [6.45, 7) is 13.6. The van der Waals surface area contributed by atoms with Gasteiger partial charge < -0.3 is 19.5 Å². The molecular formula is C23H33N3O5. The van der Waals surface area contributed by atoms with E-state index in [1.807, 2.05) is 27.7 Å². The number of ether oxygens (including phenoxy) is 2. The molecule has 31 heavy (non-hydrogen) atoms. The minimum absolute atomic E-state index is 0.0403. The van der Waals surface area contributed by atoms with Crippen LogP contribution in [0, 0.1) is 12.3 Å². The molecule has 1 unspecified atom stereocenters. The molecule has 1 fully saturated rings. The molecule has 1 aliphatic heterocycles. The third kappa shape index (κ3) is 4.84. The van der Waals surface area contributed by atoms with Crippen molar-refractivity contribution >= 4 is 23.1 Å². The maximum atomic E-state index is 12.8. The lowest BCUT2D eigenvalue weighted by Crippen LogP contribution is -2.39. The average Bonchev–Trinajstić information content (AvgIpc) is 3.08. The van der Waals surface area contributed by atoms with E-state index in [4.69, 9.17) is 9.47 Å². The minimum Gasteiger partial charge on any atom is -0.476 e. The third-order valence-corrected chi connectivity index (χ3v) is 5.78. The van der Waals surface area contributed by atoms with Gasteiger partial charge in [0, 0.05) is 30.9 Å². The molecule has 170 valence electrons. The molecule has 0 spiro atoms. The molecule has 0 aromatic carbocycles. The fourth-order valence-electron chi connectivity index (χ4n) is 4.04. The monoisotopic (exact) mass is 431 g/mol. The number of aromatic carboxylic acids is 1. The molecule has 2 aromatic heterocycles. The van der Waals surface area contributed by atoms with E-state index < -0.39 is 23.6 Å². The molecule has 0 saturated carbocycles. The summed E-state index contributed by atoms with van der Waals surface area (Å²) < 4.78 is 12.9. The Labute approximate surface area is 183 Å². The number of carbonyl (C=O) groups excluding carboxylic acids is 1. The molecule has 0 aliphatic carbocycles. The van der Waals surface area contributed by atoms with Crippen molar-refractivity contribution in [2.75, 3.05) is 25.1 Å². The Morgan fingerprint density at radius 3 is 2.35 bits per heavy atom. The Balaban J connectivity index is 2.26. The summed E-state index contributed by atoms with van der Waals surface area (Å²) in [5, 5.41) is 13.7. The van der Waals surface area contributed by atoms with Gasteiger partial charge in [0.15, 0.2) is 11.8 Å². The van der Waals surface area contributed by atoms with Crippen molar-refractivity contribution < 1.29 is 24.2 Å². The second kappa shape index (κ2) is 8.15. The van der Waals surface area contributed by atoms with Crippen LogP contribution in [-0.4, -0.2) is 52.5 Å². The van der Waals surface area contributed by atoms with Crippen molar-refractivity contribution in [2.45, 2.75) is 66.1 Å². The van der Waals surface area contributed by atoms with Crippen LogP contribution in [0.5, 0.6) is 0 Å². The van der Waals surface area contributed by atoms with Crippen LogP contribution >= 0.6 is 0 Å². The largest absolute Gasteiger partial charge is 0.476 e. The molecule has 1 atom stereocenters. The van der Waals surface area contributed by atoms with Crippen molar-refractivity contribution in [3.8, 4) is 0 Å². The Bertz CT molecular complexity index is 993. The lowest BCUT2D eigenvalue weighted by Gasteiger charge is -2.40. The van der Waals surface area contributed by atoms with Crippen molar-refractivity contribution in [3.63, 3.8) is 0 Å². The lowest BCUT2D eigenvalue weighted by molar-refractivity contribution is -0.164. The number of anilines is 1. The normalized spacial score (nSPS) is 17.6. The zero-order chi connectivity index (χ0) is 23.1. The summed E-state index contributed by atoms with van der Waals surface area (Å²) >= 11 is 0. The molecule has 3 heterocycles. The van der Waals surface area contributed by atoms with E-state index in [1.165, 1.54) is 7.11 Å². The van der Waals surface area contributed by atoms with Crippen LogP contribution in [0.15, 0.2) is 12.3 Å². The predicted octanol–water partition coefficient (Wildman–Crippen LogP) is 4.00. The van der Waals surface area contributed by atoms with Crippen LogP contribution in [0.2, 0.25) is 0 Å². The number of piperidine rings is 1. The highest BCUT2D eigenvalue weighted by Gasteiger charge is 2.36. The van der Waals surface area contributed by atoms with Crippen molar-refractivity contribution in [2.24, 2.45) is 5.41 Å². The standard InChI is InChI=1S/C23H33N3O5/c1-14-13-26-16(12-15(24-26)20(27)28)18(25-10-8-23(5,6)9-11-25)17(14)19(21(29)30-7)31-22(2,3)4/h12-13,19H,8-11H2,1-7H3,(H,27,28). The van der Waals surface area contributed by atoms with Gasteiger partial charge in [0.25, 0.3) is 0 Å². The first kappa shape index (κ1) is 23.1. The molecule has 0 bridgehead atoms. The average molecular weight is 432 g/mol.